The highest BCUT2D eigenvalue weighted by molar-refractivity contribution is 6.04. The molecule has 3 N–H and O–H groups in total. The quantitative estimate of drug-likeness (QED) is 0.634. The maximum absolute atomic E-state index is 14.0. The highest BCUT2D eigenvalue weighted by Crippen LogP contribution is 2.47. The van der Waals surface area contributed by atoms with Crippen molar-refractivity contribution in [2.75, 3.05) is 5.32 Å². The number of carbonyl (C=O) groups is 2. The van der Waals surface area contributed by atoms with Crippen LogP contribution in [0.3, 0.4) is 0 Å². The van der Waals surface area contributed by atoms with Crippen molar-refractivity contribution in [3.05, 3.63) is 41.0 Å². The average Bonchev–Trinajstić information content (AvgIpc) is 3.01. The largest absolute Gasteiger partial charge is 0.459 e. The molecule has 0 unspecified atom stereocenters. The average molecular weight is 467 g/mol. The molecular weight excluding hydrogens is 451 g/mol. The minimum absolute atomic E-state index is 0.0235. The number of nitrogens with one attached hydrogen (secondary N) is 1. The number of carbonyl (C=O) groups excluding carboxylic acids is 2. The molecule has 1 fully saturated rings. The molecule has 174 valence electrons. The molecule has 2 heterocycles. The molecule has 0 aliphatic heterocycles. The van der Waals surface area contributed by atoms with E-state index in [2.05, 4.69) is 15.4 Å². The second-order valence-corrected chi connectivity index (χ2v) is 7.32. The van der Waals surface area contributed by atoms with Crippen LogP contribution in [0.5, 0.6) is 0 Å². The first-order valence-corrected chi connectivity index (χ1v) is 9.12. The lowest BCUT2D eigenvalue weighted by molar-refractivity contribution is -0.291. The number of pyridine rings is 1. The Bertz CT molecular complexity index is 1060. The number of hydrogen-bond acceptors (Lipinski definition) is 4. The van der Waals surface area contributed by atoms with E-state index < -0.39 is 65.7 Å². The molecule has 7 nitrogen and oxygen atoms in total. The van der Waals surface area contributed by atoms with E-state index in [0.29, 0.717) is 4.68 Å². The van der Waals surface area contributed by atoms with Crippen LogP contribution in [0.25, 0.3) is 0 Å². The third kappa shape index (κ3) is 4.12. The first kappa shape index (κ1) is 23.5. The van der Waals surface area contributed by atoms with Crippen molar-refractivity contribution >= 4 is 17.5 Å². The van der Waals surface area contributed by atoms with Gasteiger partial charge >= 0.3 is 12.1 Å². The highest BCUT2D eigenvalue weighted by Gasteiger charge is 2.61. The van der Waals surface area contributed by atoms with E-state index in [1.165, 1.54) is 6.07 Å². The maximum Gasteiger partial charge on any atom is 0.459 e. The van der Waals surface area contributed by atoms with Crippen LogP contribution in [0.2, 0.25) is 0 Å². The summed E-state index contributed by atoms with van der Waals surface area (Å²) in [7, 11) is 0. The van der Waals surface area contributed by atoms with Crippen LogP contribution >= 0.6 is 0 Å². The Balaban J connectivity index is 2.03. The van der Waals surface area contributed by atoms with E-state index in [4.69, 9.17) is 5.73 Å². The Labute approximate surface area is 175 Å². The van der Waals surface area contributed by atoms with E-state index in [1.54, 1.807) is 0 Å². The smallest absolute Gasteiger partial charge is 0.364 e. The van der Waals surface area contributed by atoms with Gasteiger partial charge in [-0.1, -0.05) is 0 Å². The molecular formula is C18H16F7N5O2. The van der Waals surface area contributed by atoms with Gasteiger partial charge in [-0.15, -0.1) is 0 Å². The summed E-state index contributed by atoms with van der Waals surface area (Å²) in [6.45, 7) is 0.0705. The number of aromatic nitrogens is 3. The van der Waals surface area contributed by atoms with Crippen molar-refractivity contribution in [3.8, 4) is 0 Å². The fourth-order valence-electron chi connectivity index (χ4n) is 3.24. The van der Waals surface area contributed by atoms with E-state index >= 15 is 0 Å². The number of amides is 2. The highest BCUT2D eigenvalue weighted by atomic mass is 19.4. The minimum atomic E-state index is -6.02. The lowest BCUT2D eigenvalue weighted by Crippen LogP contribution is -2.42. The number of halogens is 7. The van der Waals surface area contributed by atoms with Crippen molar-refractivity contribution in [2.24, 2.45) is 11.7 Å². The summed E-state index contributed by atoms with van der Waals surface area (Å²) in [5, 5.41) is 5.42. The van der Waals surface area contributed by atoms with Gasteiger partial charge in [-0.25, -0.2) is 8.78 Å². The molecule has 1 saturated carbocycles. The van der Waals surface area contributed by atoms with Crippen LogP contribution in [0.15, 0.2) is 18.3 Å². The van der Waals surface area contributed by atoms with E-state index in [9.17, 15) is 40.3 Å². The Morgan fingerprint density at radius 3 is 2.44 bits per heavy atom. The van der Waals surface area contributed by atoms with E-state index in [1.807, 2.05) is 0 Å². The molecule has 1 aliphatic carbocycles. The number of hydrogen-bond donors (Lipinski definition) is 2. The Kier molecular flexibility index (Phi) is 5.68. The Morgan fingerprint density at radius 1 is 1.28 bits per heavy atom. The van der Waals surface area contributed by atoms with Crippen molar-refractivity contribution < 1.29 is 40.3 Å². The normalized spacial score (nSPS) is 18.2. The summed E-state index contributed by atoms with van der Waals surface area (Å²) in [5.74, 6) is -12.1. The maximum atomic E-state index is 14.0. The monoisotopic (exact) mass is 467 g/mol. The molecule has 3 rings (SSSR count). The van der Waals surface area contributed by atoms with Gasteiger partial charge < -0.3 is 11.1 Å². The number of rotatable bonds is 6. The topological polar surface area (TPSA) is 103 Å². The van der Waals surface area contributed by atoms with Crippen LogP contribution in [0.4, 0.5) is 36.4 Å². The van der Waals surface area contributed by atoms with E-state index in [-0.39, 0.29) is 17.8 Å². The van der Waals surface area contributed by atoms with Crippen LogP contribution in [-0.4, -0.2) is 38.7 Å². The first-order valence-electron chi connectivity index (χ1n) is 9.12. The van der Waals surface area contributed by atoms with Crippen molar-refractivity contribution in [1.29, 1.82) is 0 Å². The van der Waals surface area contributed by atoms with Gasteiger partial charge in [-0.2, -0.15) is 27.1 Å². The molecule has 2 aromatic rings. The Hall–Kier alpha value is -3.19. The molecule has 32 heavy (non-hydrogen) atoms. The van der Waals surface area contributed by atoms with Crippen molar-refractivity contribution in [2.45, 2.75) is 44.3 Å². The zero-order valence-electron chi connectivity index (χ0n) is 16.3. The third-order valence-electron chi connectivity index (χ3n) is 5.14. The fourth-order valence-corrected chi connectivity index (χ4v) is 3.24. The summed E-state index contributed by atoms with van der Waals surface area (Å²) in [5.41, 5.74) is 1.41. The van der Waals surface area contributed by atoms with Crippen molar-refractivity contribution in [3.63, 3.8) is 0 Å². The van der Waals surface area contributed by atoms with Gasteiger partial charge in [0.25, 0.3) is 17.7 Å². The molecule has 0 saturated heterocycles. The van der Waals surface area contributed by atoms with Crippen LogP contribution in [-0.2, 0) is 12.5 Å². The minimum Gasteiger partial charge on any atom is -0.364 e. The molecule has 1 aliphatic rings. The summed E-state index contributed by atoms with van der Waals surface area (Å²) in [4.78, 5) is 27.6. The molecule has 0 spiro atoms. The number of nitrogens with two attached hydrogens (primary N) is 1. The van der Waals surface area contributed by atoms with Gasteiger partial charge in [0.1, 0.15) is 17.1 Å². The molecule has 1 atom stereocenters. The van der Waals surface area contributed by atoms with Gasteiger partial charge in [-0.3, -0.25) is 19.3 Å². The molecule has 0 bridgehead atoms. The summed E-state index contributed by atoms with van der Waals surface area (Å²) in [6, 6.07) is 2.24. The predicted molar refractivity (Wildman–Crippen MR) is 95.3 cm³/mol. The SMILES string of the molecule is Cc1c(C(F)(F)C(F)(F)F)nn(C[C@@H]2CCC2(F)F)c1C(=O)Nc1ccnc(C(N)=O)c1. The molecule has 2 aromatic heterocycles. The summed E-state index contributed by atoms with van der Waals surface area (Å²) in [6.07, 6.45) is -5.42. The molecule has 14 heteroatoms. The van der Waals surface area contributed by atoms with Crippen LogP contribution in [0, 0.1) is 12.8 Å². The lowest BCUT2D eigenvalue weighted by atomic mass is 9.81. The van der Waals surface area contributed by atoms with Gasteiger partial charge in [0, 0.05) is 29.8 Å². The van der Waals surface area contributed by atoms with Crippen LogP contribution in [0.1, 0.15) is 45.1 Å². The van der Waals surface area contributed by atoms with Crippen LogP contribution < -0.4 is 11.1 Å². The summed E-state index contributed by atoms with van der Waals surface area (Å²) >= 11 is 0. The standard InChI is InChI=1S/C18H16F7N5O2/c1-8-12(15(32)28-10-3-5-27-11(6-10)14(26)31)30(7-9-2-4-16(9,19)20)29-13(8)17(21,22)18(23,24)25/h3,5-6,9H,2,4,7H2,1H3,(H2,26,31)(H,27,28,32)/t9-/m0/s1. The lowest BCUT2D eigenvalue weighted by Gasteiger charge is -2.36. The Morgan fingerprint density at radius 2 is 1.94 bits per heavy atom. The molecule has 0 radical (unpaired) electrons. The van der Waals surface area contributed by atoms with Gasteiger partial charge in [0.2, 0.25) is 0 Å². The van der Waals surface area contributed by atoms with Gasteiger partial charge in [0.05, 0.1) is 6.54 Å². The fraction of sp³-hybridized carbons (Fsp3) is 0.444. The third-order valence-corrected chi connectivity index (χ3v) is 5.14. The van der Waals surface area contributed by atoms with Gasteiger partial charge in [0.15, 0.2) is 0 Å². The second kappa shape index (κ2) is 7.74. The molecule has 2 amide bonds. The zero-order chi connectivity index (χ0) is 24.1. The number of alkyl halides is 7. The summed E-state index contributed by atoms with van der Waals surface area (Å²) < 4.78 is 94.5. The number of anilines is 1. The van der Waals surface area contributed by atoms with Gasteiger partial charge in [-0.05, 0) is 25.5 Å². The predicted octanol–water partition coefficient (Wildman–Crippen LogP) is 3.64. The zero-order valence-corrected chi connectivity index (χ0v) is 16.3. The first-order chi connectivity index (χ1) is 14.6. The van der Waals surface area contributed by atoms with E-state index in [0.717, 1.165) is 19.2 Å². The molecule has 0 aromatic carbocycles. The second-order valence-electron chi connectivity index (χ2n) is 7.32. The number of nitrogens with zero attached hydrogens (tertiary/aromatic N) is 3. The number of primary amides is 1. The van der Waals surface area contributed by atoms with Crippen molar-refractivity contribution in [1.82, 2.24) is 14.8 Å².